The summed E-state index contributed by atoms with van der Waals surface area (Å²) in [6.45, 7) is -0.0878. The van der Waals surface area contributed by atoms with Crippen molar-refractivity contribution in [3.63, 3.8) is 0 Å². The van der Waals surface area contributed by atoms with Crippen molar-refractivity contribution in [1.29, 1.82) is 0 Å². The molecule has 1 amide bonds. The van der Waals surface area contributed by atoms with Crippen LogP contribution in [0.4, 0.5) is 4.79 Å². The Balaban J connectivity index is 2.01. The summed E-state index contributed by atoms with van der Waals surface area (Å²) in [7, 11) is 0. The zero-order valence-corrected chi connectivity index (χ0v) is 13.1. The third kappa shape index (κ3) is 5.57. The molecular weight excluding hydrogens is 310 g/mol. The molecule has 0 saturated carbocycles. The predicted molar refractivity (Wildman–Crippen MR) is 89.0 cm³/mol. The molecule has 0 aromatic heterocycles. The van der Waals surface area contributed by atoms with E-state index in [1.807, 2.05) is 42.5 Å². The second kappa shape index (κ2) is 8.90. The van der Waals surface area contributed by atoms with Crippen molar-refractivity contribution in [2.24, 2.45) is 0 Å². The lowest BCUT2D eigenvalue weighted by molar-refractivity contribution is 0.0622. The highest BCUT2D eigenvalue weighted by molar-refractivity contribution is 5.65. The number of amides is 1. The first kappa shape index (κ1) is 17.8. The van der Waals surface area contributed by atoms with Crippen LogP contribution in [0.25, 0.3) is 0 Å². The Morgan fingerprint density at radius 1 is 1.08 bits per heavy atom. The standard InChI is InChI=1S/C18H21NO5/c20-11-17(21)16(19-18(22)23)10-14-7-4-8-15(9-14)24-12-13-5-2-1-3-6-13/h1-9,16-17,19-21H,10-12H2,(H,22,23)/t16-,17+/m0/s1. The van der Waals surface area contributed by atoms with Crippen LogP contribution in [0.5, 0.6) is 5.75 Å². The van der Waals surface area contributed by atoms with Gasteiger partial charge in [0.2, 0.25) is 0 Å². The molecule has 128 valence electrons. The first-order chi connectivity index (χ1) is 11.6. The van der Waals surface area contributed by atoms with E-state index in [9.17, 15) is 9.90 Å². The summed E-state index contributed by atoms with van der Waals surface area (Å²) < 4.78 is 5.73. The number of carboxylic acid groups (broad SMARTS) is 1. The SMILES string of the molecule is O=C(O)N[C@@H](Cc1cccc(OCc2ccccc2)c1)[C@H](O)CO. The van der Waals surface area contributed by atoms with E-state index in [0.717, 1.165) is 11.1 Å². The van der Waals surface area contributed by atoms with E-state index in [4.69, 9.17) is 14.9 Å². The van der Waals surface area contributed by atoms with Crippen LogP contribution in [0.15, 0.2) is 54.6 Å². The van der Waals surface area contributed by atoms with Crippen molar-refractivity contribution in [3.8, 4) is 5.75 Å². The molecule has 0 fully saturated rings. The van der Waals surface area contributed by atoms with Crippen molar-refractivity contribution >= 4 is 6.09 Å². The second-order valence-corrected chi connectivity index (χ2v) is 5.43. The second-order valence-electron chi connectivity index (χ2n) is 5.43. The van der Waals surface area contributed by atoms with Gasteiger partial charge in [-0.2, -0.15) is 0 Å². The zero-order chi connectivity index (χ0) is 17.4. The van der Waals surface area contributed by atoms with Crippen molar-refractivity contribution in [1.82, 2.24) is 5.32 Å². The molecule has 0 radical (unpaired) electrons. The molecule has 0 aliphatic rings. The van der Waals surface area contributed by atoms with Crippen LogP contribution in [-0.2, 0) is 13.0 Å². The summed E-state index contributed by atoms with van der Waals surface area (Å²) in [4.78, 5) is 10.8. The minimum absolute atomic E-state index is 0.247. The lowest BCUT2D eigenvalue weighted by atomic mass is 10.0. The smallest absolute Gasteiger partial charge is 0.404 e. The van der Waals surface area contributed by atoms with E-state index in [1.54, 1.807) is 12.1 Å². The minimum Gasteiger partial charge on any atom is -0.489 e. The van der Waals surface area contributed by atoms with Crippen LogP contribution in [0.1, 0.15) is 11.1 Å². The van der Waals surface area contributed by atoms with Crippen LogP contribution in [0.2, 0.25) is 0 Å². The van der Waals surface area contributed by atoms with E-state index in [-0.39, 0.29) is 6.42 Å². The van der Waals surface area contributed by atoms with E-state index in [1.165, 1.54) is 0 Å². The molecule has 24 heavy (non-hydrogen) atoms. The number of aliphatic hydroxyl groups excluding tert-OH is 2. The first-order valence-electron chi connectivity index (χ1n) is 7.62. The Morgan fingerprint density at radius 2 is 1.79 bits per heavy atom. The fraction of sp³-hybridized carbons (Fsp3) is 0.278. The molecule has 4 N–H and O–H groups in total. The summed E-state index contributed by atoms with van der Waals surface area (Å²) >= 11 is 0. The van der Waals surface area contributed by atoms with Gasteiger partial charge >= 0.3 is 6.09 Å². The fourth-order valence-electron chi connectivity index (χ4n) is 2.33. The summed E-state index contributed by atoms with van der Waals surface area (Å²) in [5, 5.41) is 29.9. The van der Waals surface area contributed by atoms with Gasteiger partial charge in [-0.3, -0.25) is 0 Å². The normalized spacial score (nSPS) is 13.1. The molecule has 2 atom stereocenters. The van der Waals surface area contributed by atoms with E-state index in [0.29, 0.717) is 12.4 Å². The quantitative estimate of drug-likeness (QED) is 0.591. The predicted octanol–water partition coefficient (Wildman–Crippen LogP) is 1.80. The topological polar surface area (TPSA) is 99.0 Å². The average molecular weight is 331 g/mol. The van der Waals surface area contributed by atoms with Gasteiger partial charge in [0.15, 0.2) is 0 Å². The molecule has 0 unspecified atom stereocenters. The van der Waals surface area contributed by atoms with Gasteiger partial charge in [0.05, 0.1) is 18.8 Å². The van der Waals surface area contributed by atoms with Crippen molar-refractivity contribution in [2.75, 3.05) is 6.61 Å². The van der Waals surface area contributed by atoms with Crippen molar-refractivity contribution in [3.05, 3.63) is 65.7 Å². The highest BCUT2D eigenvalue weighted by Crippen LogP contribution is 2.17. The van der Waals surface area contributed by atoms with Gasteiger partial charge in [-0.15, -0.1) is 0 Å². The summed E-state index contributed by atoms with van der Waals surface area (Å²) in [6.07, 6.45) is -2.17. The van der Waals surface area contributed by atoms with Crippen LogP contribution in [-0.4, -0.2) is 40.2 Å². The number of rotatable bonds is 8. The first-order valence-corrected chi connectivity index (χ1v) is 7.62. The van der Waals surface area contributed by atoms with Gasteiger partial charge in [0.1, 0.15) is 12.4 Å². The number of nitrogens with one attached hydrogen (secondary N) is 1. The van der Waals surface area contributed by atoms with Crippen molar-refractivity contribution in [2.45, 2.75) is 25.2 Å². The van der Waals surface area contributed by atoms with Gasteiger partial charge in [0, 0.05) is 0 Å². The molecule has 0 aliphatic heterocycles. The number of carbonyl (C=O) groups is 1. The van der Waals surface area contributed by atoms with Gasteiger partial charge in [0.25, 0.3) is 0 Å². The van der Waals surface area contributed by atoms with Gasteiger partial charge in [-0.1, -0.05) is 42.5 Å². The molecule has 0 heterocycles. The third-order valence-corrected chi connectivity index (χ3v) is 3.56. The highest BCUT2D eigenvalue weighted by Gasteiger charge is 2.21. The molecule has 6 heteroatoms. The number of hydrogen-bond acceptors (Lipinski definition) is 4. The maximum absolute atomic E-state index is 10.8. The lowest BCUT2D eigenvalue weighted by Gasteiger charge is -2.21. The Labute approximate surface area is 140 Å². The number of hydrogen-bond donors (Lipinski definition) is 4. The largest absolute Gasteiger partial charge is 0.489 e. The molecule has 2 aromatic carbocycles. The number of ether oxygens (including phenoxy) is 1. The van der Waals surface area contributed by atoms with Crippen molar-refractivity contribution < 1.29 is 24.9 Å². The minimum atomic E-state index is -1.25. The van der Waals surface area contributed by atoms with Gasteiger partial charge in [-0.25, -0.2) is 4.79 Å². The van der Waals surface area contributed by atoms with Gasteiger partial charge < -0.3 is 25.4 Å². The lowest BCUT2D eigenvalue weighted by Crippen LogP contribution is -2.45. The van der Waals surface area contributed by atoms with Crippen LogP contribution in [0.3, 0.4) is 0 Å². The van der Waals surface area contributed by atoms with E-state index >= 15 is 0 Å². The molecule has 2 rings (SSSR count). The summed E-state index contributed by atoms with van der Waals surface area (Å²) in [5.74, 6) is 0.656. The van der Waals surface area contributed by atoms with Crippen LogP contribution in [0, 0.1) is 0 Å². The molecule has 0 aliphatic carbocycles. The van der Waals surface area contributed by atoms with E-state index < -0.39 is 24.8 Å². The Bertz CT molecular complexity index is 647. The Morgan fingerprint density at radius 3 is 2.46 bits per heavy atom. The van der Waals surface area contributed by atoms with Crippen LogP contribution >= 0.6 is 0 Å². The molecule has 0 saturated heterocycles. The fourth-order valence-corrected chi connectivity index (χ4v) is 2.33. The maximum atomic E-state index is 10.8. The maximum Gasteiger partial charge on any atom is 0.404 e. The summed E-state index contributed by atoms with van der Waals surface area (Å²) in [6, 6.07) is 16.2. The van der Waals surface area contributed by atoms with Crippen LogP contribution < -0.4 is 10.1 Å². The number of benzene rings is 2. The Kier molecular flexibility index (Phi) is 6.60. The number of aliphatic hydroxyl groups is 2. The molecule has 0 spiro atoms. The Hall–Kier alpha value is -2.57. The zero-order valence-electron chi connectivity index (χ0n) is 13.1. The van der Waals surface area contributed by atoms with E-state index in [2.05, 4.69) is 5.32 Å². The summed E-state index contributed by atoms with van der Waals surface area (Å²) in [5.41, 5.74) is 1.84. The van der Waals surface area contributed by atoms with Gasteiger partial charge in [-0.05, 0) is 29.7 Å². The third-order valence-electron chi connectivity index (χ3n) is 3.56. The molecule has 2 aromatic rings. The monoisotopic (exact) mass is 331 g/mol. The molecule has 6 nitrogen and oxygen atoms in total. The molecule has 0 bridgehead atoms. The highest BCUT2D eigenvalue weighted by atomic mass is 16.5. The average Bonchev–Trinajstić information content (AvgIpc) is 2.59. The molecular formula is C18H21NO5.